The molecule has 3 aliphatic rings. The number of ether oxygens (including phenoxy) is 5. The van der Waals surface area contributed by atoms with Gasteiger partial charge >= 0.3 is 23.9 Å². The molecule has 208 valence electrons. The summed E-state index contributed by atoms with van der Waals surface area (Å²) < 4.78 is 30.3. The van der Waals surface area contributed by atoms with Gasteiger partial charge in [0.25, 0.3) is 0 Å². The van der Waals surface area contributed by atoms with Gasteiger partial charge in [-0.25, -0.2) is 4.79 Å². The molecule has 38 heavy (non-hydrogen) atoms. The molecule has 1 aromatic rings. The van der Waals surface area contributed by atoms with Gasteiger partial charge in [0.1, 0.15) is 29.3 Å². The predicted octanol–water partition coefficient (Wildman–Crippen LogP) is 2.59. The molecule has 2 saturated carbocycles. The van der Waals surface area contributed by atoms with E-state index in [2.05, 4.69) is 0 Å². The smallest absolute Gasteiger partial charge is 0.338 e. The summed E-state index contributed by atoms with van der Waals surface area (Å²) in [5.74, 6) is -3.33. The Balaban J connectivity index is 1.95. The zero-order chi connectivity index (χ0) is 28.0. The monoisotopic (exact) mass is 532 g/mol. The quantitative estimate of drug-likeness (QED) is 0.430. The van der Waals surface area contributed by atoms with Gasteiger partial charge in [-0.2, -0.15) is 0 Å². The fraction of sp³-hybridized carbons (Fsp3) is 0.643. The summed E-state index contributed by atoms with van der Waals surface area (Å²) in [7, 11) is 0. The number of benzene rings is 1. The third-order valence-electron chi connectivity index (χ3n) is 8.47. The minimum Gasteiger partial charge on any atom is -0.459 e. The van der Waals surface area contributed by atoms with Crippen LogP contribution in [0.1, 0.15) is 64.7 Å². The van der Waals surface area contributed by atoms with E-state index in [0.29, 0.717) is 5.56 Å². The van der Waals surface area contributed by atoms with Crippen LogP contribution in [-0.4, -0.2) is 71.2 Å². The first-order chi connectivity index (χ1) is 17.8. The van der Waals surface area contributed by atoms with Crippen LogP contribution in [0.3, 0.4) is 0 Å². The van der Waals surface area contributed by atoms with E-state index in [1.807, 2.05) is 20.8 Å². The van der Waals surface area contributed by atoms with Gasteiger partial charge in [0.2, 0.25) is 0 Å². The second kappa shape index (κ2) is 9.96. The Morgan fingerprint density at radius 1 is 0.895 bits per heavy atom. The van der Waals surface area contributed by atoms with Crippen molar-refractivity contribution >= 4 is 23.9 Å². The number of hydrogen-bond acceptors (Lipinski definition) is 10. The average molecular weight is 533 g/mol. The highest BCUT2D eigenvalue weighted by Crippen LogP contribution is 2.67. The van der Waals surface area contributed by atoms with E-state index in [1.165, 1.54) is 20.8 Å². The van der Waals surface area contributed by atoms with Crippen LogP contribution in [0.5, 0.6) is 0 Å². The van der Waals surface area contributed by atoms with Crippen LogP contribution in [0.2, 0.25) is 0 Å². The summed E-state index contributed by atoms with van der Waals surface area (Å²) in [6.45, 7) is 8.65. The van der Waals surface area contributed by atoms with Gasteiger partial charge in [0.05, 0.1) is 17.8 Å². The summed E-state index contributed by atoms with van der Waals surface area (Å²) in [6.07, 6.45) is -3.78. The van der Waals surface area contributed by atoms with Gasteiger partial charge in [0, 0.05) is 26.7 Å². The third-order valence-corrected chi connectivity index (χ3v) is 8.47. The summed E-state index contributed by atoms with van der Waals surface area (Å²) in [4.78, 5) is 50.2. The minimum atomic E-state index is -1.63. The zero-order valence-electron chi connectivity index (χ0n) is 22.6. The molecule has 1 unspecified atom stereocenters. The molecule has 1 aliphatic heterocycles. The molecule has 1 aromatic carbocycles. The van der Waals surface area contributed by atoms with E-state index in [9.17, 15) is 24.3 Å². The van der Waals surface area contributed by atoms with E-state index in [4.69, 9.17) is 23.7 Å². The van der Waals surface area contributed by atoms with Crippen LogP contribution in [0, 0.1) is 17.3 Å². The van der Waals surface area contributed by atoms with E-state index in [0.717, 1.165) is 0 Å². The van der Waals surface area contributed by atoms with Gasteiger partial charge in [-0.3, -0.25) is 14.4 Å². The second-order valence-corrected chi connectivity index (χ2v) is 11.1. The van der Waals surface area contributed by atoms with Crippen molar-refractivity contribution in [2.75, 3.05) is 6.61 Å². The number of hydrogen-bond donors (Lipinski definition) is 1. The van der Waals surface area contributed by atoms with Gasteiger partial charge in [-0.05, 0) is 44.7 Å². The van der Waals surface area contributed by atoms with Crippen molar-refractivity contribution in [1.82, 2.24) is 0 Å². The molecule has 10 nitrogen and oxygen atoms in total. The summed E-state index contributed by atoms with van der Waals surface area (Å²) in [6, 6.07) is 8.39. The number of aliphatic hydroxyl groups is 1. The topological polar surface area (TPSA) is 135 Å². The van der Waals surface area contributed by atoms with Crippen molar-refractivity contribution in [3.63, 3.8) is 0 Å². The largest absolute Gasteiger partial charge is 0.459 e. The highest BCUT2D eigenvalue weighted by molar-refractivity contribution is 5.89. The predicted molar refractivity (Wildman–Crippen MR) is 132 cm³/mol. The normalized spacial score (nSPS) is 36.9. The van der Waals surface area contributed by atoms with E-state index in [-0.39, 0.29) is 12.8 Å². The lowest BCUT2D eigenvalue weighted by atomic mass is 9.48. The van der Waals surface area contributed by atoms with E-state index in [1.54, 1.807) is 30.3 Å². The van der Waals surface area contributed by atoms with Gasteiger partial charge in [-0.1, -0.05) is 25.1 Å². The molecule has 2 aliphatic carbocycles. The van der Waals surface area contributed by atoms with Crippen LogP contribution >= 0.6 is 0 Å². The molecule has 1 heterocycles. The fourth-order valence-corrected chi connectivity index (χ4v) is 7.19. The lowest BCUT2D eigenvalue weighted by Gasteiger charge is -2.63. The molecule has 1 saturated heterocycles. The first-order valence-corrected chi connectivity index (χ1v) is 12.9. The first-order valence-electron chi connectivity index (χ1n) is 12.9. The Morgan fingerprint density at radius 3 is 2.03 bits per heavy atom. The maximum atomic E-state index is 13.3. The van der Waals surface area contributed by atoms with Crippen LogP contribution < -0.4 is 0 Å². The van der Waals surface area contributed by atoms with Crippen molar-refractivity contribution in [2.45, 2.75) is 90.0 Å². The third kappa shape index (κ3) is 4.27. The molecule has 2 bridgehead atoms. The van der Waals surface area contributed by atoms with Crippen molar-refractivity contribution in [1.29, 1.82) is 0 Å². The molecule has 0 aromatic heterocycles. The molecular weight excluding hydrogens is 496 g/mol. The average Bonchev–Trinajstić information content (AvgIpc) is 2.98. The molecule has 4 rings (SSSR count). The van der Waals surface area contributed by atoms with Crippen LogP contribution in [0.25, 0.3) is 0 Å². The van der Waals surface area contributed by atoms with Crippen LogP contribution in [0.15, 0.2) is 30.3 Å². The second-order valence-electron chi connectivity index (χ2n) is 11.1. The molecule has 3 fully saturated rings. The summed E-state index contributed by atoms with van der Waals surface area (Å²) in [5.41, 5.74) is -3.63. The SMILES string of the molecule is CC(=O)O[C@H]1C[C@H](C)[C@]23OC(C)(C)[C@@H](CC(OC(=O)c4ccccc4)[C@]2(CO)[C@H]1OC(C)=O)[C@@H]3OC(C)=O. The van der Waals surface area contributed by atoms with E-state index < -0.39 is 83.4 Å². The maximum absolute atomic E-state index is 13.3. The highest BCUT2D eigenvalue weighted by atomic mass is 16.6. The number of esters is 4. The molecule has 0 amide bonds. The minimum absolute atomic E-state index is 0.142. The first kappa shape index (κ1) is 28.0. The Morgan fingerprint density at radius 2 is 1.47 bits per heavy atom. The Labute approximate surface area is 221 Å². The van der Waals surface area contributed by atoms with E-state index >= 15 is 0 Å². The Bertz CT molecular complexity index is 1100. The molecule has 8 atom stereocenters. The molecule has 1 N–H and O–H groups in total. The Kier molecular flexibility index (Phi) is 7.35. The summed E-state index contributed by atoms with van der Waals surface area (Å²) >= 11 is 0. The standard InChI is InChI=1S/C28H36O10/c1-15-12-21(34-16(2)30)24(36-18(4)32)27(14-29)22(37-25(33)19-10-8-7-9-11-19)13-20-23(35-17(3)31)28(15,27)38-26(20,5)6/h7-11,15,20-24,29H,12-14H2,1-6H3/t15-,20-,21-,22?,23-,24-,27+,28+/m0/s1. The number of carbonyl (C=O) groups excluding carboxylic acids is 4. The molecule has 0 radical (unpaired) electrons. The zero-order valence-corrected chi connectivity index (χ0v) is 22.6. The maximum Gasteiger partial charge on any atom is 0.338 e. The summed E-state index contributed by atoms with van der Waals surface area (Å²) in [5, 5.41) is 11.3. The van der Waals surface area contributed by atoms with Crippen molar-refractivity contribution in [2.24, 2.45) is 17.3 Å². The highest BCUT2D eigenvalue weighted by Gasteiger charge is 2.82. The lowest BCUT2D eigenvalue weighted by Crippen LogP contribution is -2.78. The van der Waals surface area contributed by atoms with Gasteiger partial charge < -0.3 is 28.8 Å². The van der Waals surface area contributed by atoms with Crippen molar-refractivity contribution in [3.05, 3.63) is 35.9 Å². The molecule has 1 spiro atoms. The number of rotatable bonds is 6. The van der Waals surface area contributed by atoms with Crippen LogP contribution in [-0.2, 0) is 38.1 Å². The Hall–Kier alpha value is -2.98. The van der Waals surface area contributed by atoms with Gasteiger partial charge in [0.15, 0.2) is 6.10 Å². The van der Waals surface area contributed by atoms with Crippen molar-refractivity contribution < 1.29 is 48.0 Å². The van der Waals surface area contributed by atoms with Crippen molar-refractivity contribution in [3.8, 4) is 0 Å². The number of fused-ring (bicyclic) bond motifs is 1. The lowest BCUT2D eigenvalue weighted by molar-refractivity contribution is -0.318. The molecular formula is C28H36O10. The molecule has 10 heteroatoms. The fourth-order valence-electron chi connectivity index (χ4n) is 7.19. The van der Waals surface area contributed by atoms with Crippen LogP contribution in [0.4, 0.5) is 0 Å². The van der Waals surface area contributed by atoms with Gasteiger partial charge in [-0.15, -0.1) is 0 Å². The number of carbonyl (C=O) groups is 4. The number of aliphatic hydroxyl groups excluding tert-OH is 1.